The monoisotopic (exact) mass is 316 g/mol. The molecule has 0 spiro atoms. The number of nitrogens with one attached hydrogen (secondary N) is 2. The molecule has 0 saturated carbocycles. The minimum Gasteiger partial charge on any atom is -0.355 e. The topological polar surface area (TPSA) is 41.1 Å². The smallest absolute Gasteiger partial charge is 0.355 e. The zero-order valence-corrected chi connectivity index (χ0v) is 13.2. The van der Waals surface area contributed by atoms with Crippen molar-refractivity contribution in [2.75, 3.05) is 20.1 Å². The Balaban J connectivity index is 2.68. The Morgan fingerprint density at radius 2 is 1.82 bits per heavy atom. The van der Waals surface area contributed by atoms with Crippen LogP contribution in [0.2, 0.25) is 0 Å². The summed E-state index contributed by atoms with van der Waals surface area (Å²) in [5.74, 6) is -0.0877. The average molecular weight is 316 g/mol. The third-order valence-electron chi connectivity index (χ3n) is 3.53. The molecular formula is C16H23F3N2O. The first-order valence-electron chi connectivity index (χ1n) is 7.26. The second-order valence-corrected chi connectivity index (χ2v) is 5.95. The van der Waals surface area contributed by atoms with Crippen molar-refractivity contribution in [1.82, 2.24) is 10.6 Å². The highest BCUT2D eigenvalue weighted by molar-refractivity contribution is 5.76. The maximum atomic E-state index is 12.8. The van der Waals surface area contributed by atoms with E-state index in [0.717, 1.165) is 25.1 Å². The molecular weight excluding hydrogens is 293 g/mol. The van der Waals surface area contributed by atoms with Crippen LogP contribution in [0.1, 0.15) is 37.8 Å². The molecule has 2 N–H and O–H groups in total. The van der Waals surface area contributed by atoms with Crippen molar-refractivity contribution in [2.45, 2.75) is 38.3 Å². The summed E-state index contributed by atoms with van der Waals surface area (Å²) in [5.41, 5.74) is -0.684. The van der Waals surface area contributed by atoms with Crippen molar-refractivity contribution >= 4 is 5.91 Å². The molecule has 1 aromatic rings. The Bertz CT molecular complexity index is 498. The molecule has 0 heterocycles. The van der Waals surface area contributed by atoms with Crippen LogP contribution in [0.3, 0.4) is 0 Å². The van der Waals surface area contributed by atoms with Crippen molar-refractivity contribution in [3.05, 3.63) is 35.4 Å². The molecule has 0 bridgehead atoms. The van der Waals surface area contributed by atoms with Gasteiger partial charge < -0.3 is 10.6 Å². The zero-order valence-electron chi connectivity index (χ0n) is 13.2. The van der Waals surface area contributed by atoms with Crippen molar-refractivity contribution in [1.29, 1.82) is 0 Å². The van der Waals surface area contributed by atoms with Crippen LogP contribution in [-0.4, -0.2) is 26.0 Å². The number of halogens is 3. The van der Waals surface area contributed by atoms with Crippen LogP contribution in [0.5, 0.6) is 0 Å². The highest BCUT2D eigenvalue weighted by atomic mass is 19.4. The van der Waals surface area contributed by atoms with Crippen LogP contribution in [0.15, 0.2) is 24.3 Å². The van der Waals surface area contributed by atoms with Crippen molar-refractivity contribution in [3.63, 3.8) is 0 Å². The number of benzene rings is 1. The van der Waals surface area contributed by atoms with Gasteiger partial charge in [-0.2, -0.15) is 13.2 Å². The van der Waals surface area contributed by atoms with Crippen LogP contribution in [0.25, 0.3) is 0 Å². The van der Waals surface area contributed by atoms with Crippen molar-refractivity contribution in [2.24, 2.45) is 0 Å². The third kappa shape index (κ3) is 5.67. The van der Waals surface area contributed by atoms with E-state index in [2.05, 4.69) is 10.6 Å². The lowest BCUT2D eigenvalue weighted by Gasteiger charge is -2.26. The molecule has 1 rings (SSSR count). The summed E-state index contributed by atoms with van der Waals surface area (Å²) in [4.78, 5) is 11.7. The summed E-state index contributed by atoms with van der Waals surface area (Å²) in [6.07, 6.45) is -3.23. The molecule has 0 atom stereocenters. The fourth-order valence-corrected chi connectivity index (χ4v) is 2.05. The Morgan fingerprint density at radius 3 is 2.41 bits per heavy atom. The summed E-state index contributed by atoms with van der Waals surface area (Å²) in [5, 5.41) is 5.75. The van der Waals surface area contributed by atoms with E-state index >= 15 is 0 Å². The van der Waals surface area contributed by atoms with Crippen LogP contribution < -0.4 is 10.6 Å². The molecule has 0 fully saturated rings. The van der Waals surface area contributed by atoms with Crippen LogP contribution in [0.4, 0.5) is 13.2 Å². The molecule has 0 unspecified atom stereocenters. The van der Waals surface area contributed by atoms with Gasteiger partial charge in [-0.1, -0.05) is 32.0 Å². The zero-order chi connectivity index (χ0) is 16.8. The highest BCUT2D eigenvalue weighted by Crippen LogP contribution is 2.32. The van der Waals surface area contributed by atoms with E-state index in [4.69, 9.17) is 0 Å². The molecule has 1 amide bonds. The molecule has 0 aliphatic heterocycles. The Kier molecular flexibility index (Phi) is 6.41. The second-order valence-electron chi connectivity index (χ2n) is 5.95. The third-order valence-corrected chi connectivity index (χ3v) is 3.53. The summed E-state index contributed by atoms with van der Waals surface area (Å²) in [7, 11) is 1.81. The molecule has 0 saturated heterocycles. The molecule has 22 heavy (non-hydrogen) atoms. The van der Waals surface area contributed by atoms with E-state index in [1.165, 1.54) is 6.07 Å². The summed E-state index contributed by atoms with van der Waals surface area (Å²) >= 11 is 0. The standard InChI is InChI=1S/C16H23F3N2O/c1-15(2,11-21-14(22)8-5-9-20-3)12-6-4-7-13(10-12)16(17,18)19/h4,6-7,10,20H,5,8-9,11H2,1-3H3,(H,21,22). The van der Waals surface area contributed by atoms with Gasteiger partial charge in [0, 0.05) is 18.4 Å². The molecule has 0 aromatic heterocycles. The normalized spacial score (nSPS) is 12.3. The first kappa shape index (κ1) is 18.5. The number of rotatable bonds is 7. The molecule has 0 aliphatic carbocycles. The van der Waals surface area contributed by atoms with E-state index in [1.807, 2.05) is 20.9 Å². The predicted molar refractivity (Wildman–Crippen MR) is 80.6 cm³/mol. The van der Waals surface area contributed by atoms with Gasteiger partial charge >= 0.3 is 6.18 Å². The van der Waals surface area contributed by atoms with Crippen molar-refractivity contribution < 1.29 is 18.0 Å². The van der Waals surface area contributed by atoms with Crippen molar-refractivity contribution in [3.8, 4) is 0 Å². The van der Waals surface area contributed by atoms with E-state index in [9.17, 15) is 18.0 Å². The number of hydrogen-bond acceptors (Lipinski definition) is 2. The number of carbonyl (C=O) groups excluding carboxylic acids is 1. The predicted octanol–water partition coefficient (Wildman–Crippen LogP) is 3.10. The summed E-state index contributed by atoms with van der Waals surface area (Å²) in [6, 6.07) is 5.25. The fraction of sp³-hybridized carbons (Fsp3) is 0.562. The SMILES string of the molecule is CNCCCC(=O)NCC(C)(C)c1cccc(C(F)(F)F)c1. The maximum Gasteiger partial charge on any atom is 0.416 e. The van der Waals surface area contributed by atoms with Crippen LogP contribution in [0, 0.1) is 0 Å². The van der Waals surface area contributed by atoms with E-state index < -0.39 is 17.2 Å². The van der Waals surface area contributed by atoms with Gasteiger partial charge in [-0.25, -0.2) is 0 Å². The molecule has 124 valence electrons. The lowest BCUT2D eigenvalue weighted by molar-refractivity contribution is -0.137. The number of hydrogen-bond donors (Lipinski definition) is 2. The first-order valence-corrected chi connectivity index (χ1v) is 7.26. The number of alkyl halides is 3. The van der Waals surface area contributed by atoms with E-state index in [1.54, 1.807) is 6.07 Å². The van der Waals surface area contributed by atoms with Gasteiger partial charge in [-0.3, -0.25) is 4.79 Å². The Hall–Kier alpha value is -1.56. The molecule has 6 heteroatoms. The molecule has 3 nitrogen and oxygen atoms in total. The van der Waals surface area contributed by atoms with Gasteiger partial charge in [0.1, 0.15) is 0 Å². The lowest BCUT2D eigenvalue weighted by atomic mass is 9.83. The van der Waals surface area contributed by atoms with E-state index in [-0.39, 0.29) is 5.91 Å². The van der Waals surface area contributed by atoms with E-state index in [0.29, 0.717) is 18.5 Å². The maximum absolute atomic E-state index is 12.8. The van der Waals surface area contributed by atoms with Gasteiger partial charge in [0.05, 0.1) is 5.56 Å². The largest absolute Gasteiger partial charge is 0.416 e. The minimum atomic E-state index is -4.36. The number of carbonyl (C=O) groups is 1. The second kappa shape index (κ2) is 7.63. The first-order chi connectivity index (χ1) is 10.2. The molecule has 0 radical (unpaired) electrons. The Morgan fingerprint density at radius 1 is 1.18 bits per heavy atom. The minimum absolute atomic E-state index is 0.0877. The number of amides is 1. The molecule has 1 aromatic carbocycles. The van der Waals surface area contributed by atoms with Crippen LogP contribution >= 0.6 is 0 Å². The molecule has 0 aliphatic rings. The Labute approximate surface area is 129 Å². The lowest BCUT2D eigenvalue weighted by Crippen LogP contribution is -2.37. The van der Waals surface area contributed by atoms with Gasteiger partial charge in [0.2, 0.25) is 5.91 Å². The fourth-order valence-electron chi connectivity index (χ4n) is 2.05. The van der Waals surface area contributed by atoms with Gasteiger partial charge in [-0.05, 0) is 31.6 Å². The quantitative estimate of drug-likeness (QED) is 0.759. The van der Waals surface area contributed by atoms with Crippen LogP contribution in [-0.2, 0) is 16.4 Å². The van der Waals surface area contributed by atoms with Gasteiger partial charge in [-0.15, -0.1) is 0 Å². The van der Waals surface area contributed by atoms with Gasteiger partial charge in [0.25, 0.3) is 0 Å². The average Bonchev–Trinajstić information content (AvgIpc) is 2.45. The van der Waals surface area contributed by atoms with Gasteiger partial charge in [0.15, 0.2) is 0 Å². The summed E-state index contributed by atoms with van der Waals surface area (Å²) in [6.45, 7) is 4.68. The highest BCUT2D eigenvalue weighted by Gasteiger charge is 2.32. The summed E-state index contributed by atoms with van der Waals surface area (Å²) < 4.78 is 38.3.